The number of carbonyl (C=O) groups is 3. The lowest BCUT2D eigenvalue weighted by molar-refractivity contribution is -0.121. The van der Waals surface area contributed by atoms with Crippen molar-refractivity contribution in [3.05, 3.63) is 81.6 Å². The van der Waals surface area contributed by atoms with Crippen molar-refractivity contribution in [2.45, 2.75) is 19.9 Å². The van der Waals surface area contributed by atoms with E-state index in [-0.39, 0.29) is 25.4 Å². The molecule has 1 aromatic heterocycles. The molecule has 0 saturated carbocycles. The average Bonchev–Trinajstić information content (AvgIpc) is 3.26. The van der Waals surface area contributed by atoms with Gasteiger partial charge in [-0.25, -0.2) is 9.37 Å². The molecule has 2 aromatic carbocycles. The lowest BCUT2D eigenvalue weighted by atomic mass is 10.1. The van der Waals surface area contributed by atoms with Crippen LogP contribution in [0, 0.1) is 12.7 Å². The van der Waals surface area contributed by atoms with Crippen LogP contribution in [0.15, 0.2) is 53.3 Å². The first-order chi connectivity index (χ1) is 14.8. The van der Waals surface area contributed by atoms with Crippen molar-refractivity contribution in [2.75, 3.05) is 6.54 Å². The largest absolute Gasteiger partial charge is 0.352 e. The van der Waals surface area contributed by atoms with E-state index in [1.165, 1.54) is 6.07 Å². The van der Waals surface area contributed by atoms with Crippen LogP contribution in [0.25, 0.3) is 5.69 Å². The van der Waals surface area contributed by atoms with Crippen molar-refractivity contribution < 1.29 is 18.8 Å². The van der Waals surface area contributed by atoms with Crippen molar-refractivity contribution in [3.8, 4) is 5.69 Å². The predicted molar refractivity (Wildman–Crippen MR) is 114 cm³/mol. The van der Waals surface area contributed by atoms with Gasteiger partial charge < -0.3 is 9.88 Å². The van der Waals surface area contributed by atoms with Gasteiger partial charge >= 0.3 is 0 Å². The number of hydrogen-bond acceptors (Lipinski definition) is 4. The van der Waals surface area contributed by atoms with Gasteiger partial charge in [-0.2, -0.15) is 0 Å². The zero-order valence-corrected chi connectivity index (χ0v) is 18.1. The number of rotatable bonds is 6. The number of nitrogens with one attached hydrogen (secondary N) is 1. The summed E-state index contributed by atoms with van der Waals surface area (Å²) in [6.45, 7) is 1.89. The second-order valence-electron chi connectivity index (χ2n) is 7.11. The molecule has 1 N–H and O–H groups in total. The lowest BCUT2D eigenvalue weighted by Crippen LogP contribution is -2.34. The standard InChI is InChI=1S/C22H18BrFN4O3/c1-13-25-7-9-27(13)19-5-2-14(10-18(19)24)12-26-20(29)6-8-28-21(30)16-4-3-15(23)11-17(16)22(28)31/h2-5,7,9-11H,6,8,12H2,1H3,(H,26,29). The van der Waals surface area contributed by atoms with Gasteiger partial charge in [-0.1, -0.05) is 22.0 Å². The van der Waals surface area contributed by atoms with Crippen molar-refractivity contribution in [2.24, 2.45) is 0 Å². The van der Waals surface area contributed by atoms with Gasteiger partial charge in [-0.3, -0.25) is 19.3 Å². The molecule has 1 aliphatic rings. The van der Waals surface area contributed by atoms with Gasteiger partial charge in [-0.05, 0) is 42.8 Å². The van der Waals surface area contributed by atoms with E-state index in [1.54, 1.807) is 54.2 Å². The molecule has 0 aliphatic carbocycles. The minimum absolute atomic E-state index is 0.0248. The van der Waals surface area contributed by atoms with Gasteiger partial charge in [0.05, 0.1) is 16.8 Å². The van der Waals surface area contributed by atoms with Gasteiger partial charge in [0.2, 0.25) is 5.91 Å². The van der Waals surface area contributed by atoms with E-state index < -0.39 is 17.6 Å². The predicted octanol–water partition coefficient (Wildman–Crippen LogP) is 3.38. The first-order valence-corrected chi connectivity index (χ1v) is 10.4. The minimum Gasteiger partial charge on any atom is -0.352 e. The molecule has 3 amide bonds. The molecule has 0 saturated heterocycles. The Morgan fingerprint density at radius 2 is 1.90 bits per heavy atom. The summed E-state index contributed by atoms with van der Waals surface area (Å²) in [5.74, 6) is -0.924. The third-order valence-corrected chi connectivity index (χ3v) is 5.58. The van der Waals surface area contributed by atoms with Crippen LogP contribution in [0.3, 0.4) is 0 Å². The minimum atomic E-state index is -0.426. The molecule has 158 valence electrons. The summed E-state index contributed by atoms with van der Waals surface area (Å²) in [7, 11) is 0. The summed E-state index contributed by atoms with van der Waals surface area (Å²) < 4.78 is 16.8. The van der Waals surface area contributed by atoms with Crippen molar-refractivity contribution in [3.63, 3.8) is 0 Å². The van der Waals surface area contributed by atoms with Gasteiger partial charge in [0.15, 0.2) is 0 Å². The molecule has 3 aromatic rings. The SMILES string of the molecule is Cc1nccn1-c1ccc(CNC(=O)CCN2C(=O)c3ccc(Br)cc3C2=O)cc1F. The maximum absolute atomic E-state index is 14.5. The number of fused-ring (bicyclic) bond motifs is 1. The number of aromatic nitrogens is 2. The van der Waals surface area contributed by atoms with Crippen LogP contribution in [0.1, 0.15) is 38.5 Å². The van der Waals surface area contributed by atoms with Crippen molar-refractivity contribution in [1.82, 2.24) is 19.8 Å². The molecule has 7 nitrogen and oxygen atoms in total. The third kappa shape index (κ3) is 4.13. The number of benzene rings is 2. The number of nitrogens with zero attached hydrogens (tertiary/aromatic N) is 3. The van der Waals surface area contributed by atoms with Crippen LogP contribution >= 0.6 is 15.9 Å². The quantitative estimate of drug-likeness (QED) is 0.543. The molecule has 0 spiro atoms. The lowest BCUT2D eigenvalue weighted by Gasteiger charge is -2.14. The molecular formula is C22H18BrFN4O3. The fraction of sp³-hybridized carbons (Fsp3) is 0.182. The molecule has 2 heterocycles. The van der Waals surface area contributed by atoms with Crippen LogP contribution in [0.4, 0.5) is 4.39 Å². The van der Waals surface area contributed by atoms with E-state index >= 15 is 0 Å². The normalized spacial score (nSPS) is 12.9. The van der Waals surface area contributed by atoms with Crippen molar-refractivity contribution >= 4 is 33.7 Å². The van der Waals surface area contributed by atoms with Crippen LogP contribution < -0.4 is 5.32 Å². The summed E-state index contributed by atoms with van der Waals surface area (Å²) in [5, 5.41) is 2.69. The number of hydrogen-bond donors (Lipinski definition) is 1. The molecule has 4 rings (SSSR count). The maximum Gasteiger partial charge on any atom is 0.261 e. The van der Waals surface area contributed by atoms with E-state index in [2.05, 4.69) is 26.2 Å². The summed E-state index contributed by atoms with van der Waals surface area (Å²) >= 11 is 3.28. The second-order valence-corrected chi connectivity index (χ2v) is 8.02. The van der Waals surface area contributed by atoms with E-state index in [1.807, 2.05) is 0 Å². The monoisotopic (exact) mass is 484 g/mol. The molecule has 0 bridgehead atoms. The zero-order chi connectivity index (χ0) is 22.1. The smallest absolute Gasteiger partial charge is 0.261 e. The highest BCUT2D eigenvalue weighted by Crippen LogP contribution is 2.26. The third-order valence-electron chi connectivity index (χ3n) is 5.08. The molecular weight excluding hydrogens is 467 g/mol. The highest BCUT2D eigenvalue weighted by atomic mass is 79.9. The maximum atomic E-state index is 14.5. The molecule has 31 heavy (non-hydrogen) atoms. The Balaban J connectivity index is 1.33. The van der Waals surface area contributed by atoms with Gasteiger partial charge in [0, 0.05) is 36.4 Å². The van der Waals surface area contributed by atoms with Crippen LogP contribution in [-0.4, -0.2) is 38.7 Å². The number of imidazole rings is 1. The zero-order valence-electron chi connectivity index (χ0n) is 16.6. The molecule has 0 atom stereocenters. The molecule has 0 radical (unpaired) electrons. The number of halogens is 2. The summed E-state index contributed by atoms with van der Waals surface area (Å²) in [4.78, 5) is 42.2. The van der Waals surface area contributed by atoms with Crippen molar-refractivity contribution in [1.29, 1.82) is 0 Å². The fourth-order valence-electron chi connectivity index (χ4n) is 3.46. The van der Waals surface area contributed by atoms with E-state index in [0.29, 0.717) is 32.7 Å². The Labute approximate surface area is 186 Å². The summed E-state index contributed by atoms with van der Waals surface area (Å²) in [6.07, 6.45) is 3.23. The number of carbonyl (C=O) groups excluding carboxylic acids is 3. The van der Waals surface area contributed by atoms with Gasteiger partial charge in [0.25, 0.3) is 11.8 Å². The van der Waals surface area contributed by atoms with Gasteiger partial charge in [0.1, 0.15) is 11.6 Å². The second kappa shape index (κ2) is 8.43. The number of amides is 3. The van der Waals surface area contributed by atoms with Crippen LogP contribution in [0.2, 0.25) is 0 Å². The molecule has 0 unspecified atom stereocenters. The summed E-state index contributed by atoms with van der Waals surface area (Å²) in [6, 6.07) is 9.58. The topological polar surface area (TPSA) is 84.3 Å². The van der Waals surface area contributed by atoms with E-state index in [0.717, 1.165) is 4.90 Å². The highest BCUT2D eigenvalue weighted by Gasteiger charge is 2.35. The molecule has 0 fully saturated rings. The molecule has 1 aliphatic heterocycles. The highest BCUT2D eigenvalue weighted by molar-refractivity contribution is 9.10. The Bertz CT molecular complexity index is 1210. The number of aryl methyl sites for hydroxylation is 1. The van der Waals surface area contributed by atoms with Crippen LogP contribution in [-0.2, 0) is 11.3 Å². The Kier molecular flexibility index (Phi) is 5.69. The average molecular weight is 485 g/mol. The molecule has 9 heteroatoms. The Morgan fingerprint density at radius 1 is 1.13 bits per heavy atom. The first kappa shape index (κ1) is 20.9. The Hall–Kier alpha value is -3.33. The Morgan fingerprint density at radius 3 is 2.61 bits per heavy atom. The van der Waals surface area contributed by atoms with Gasteiger partial charge in [-0.15, -0.1) is 0 Å². The van der Waals surface area contributed by atoms with Crippen LogP contribution in [0.5, 0.6) is 0 Å². The van der Waals surface area contributed by atoms with E-state index in [9.17, 15) is 18.8 Å². The van der Waals surface area contributed by atoms with E-state index in [4.69, 9.17) is 0 Å². The summed E-state index contributed by atoms with van der Waals surface area (Å²) in [5.41, 5.74) is 1.63. The first-order valence-electron chi connectivity index (χ1n) is 9.56. The fourth-order valence-corrected chi connectivity index (χ4v) is 3.82. The number of imide groups is 1.